The Bertz CT molecular complexity index is 750. The average Bonchev–Trinajstić information content (AvgIpc) is 2.48. The first-order chi connectivity index (χ1) is 10.2. The molecule has 21 heavy (non-hydrogen) atoms. The van der Waals surface area contributed by atoms with Crippen molar-refractivity contribution < 1.29 is 0 Å². The molecule has 2 rings (SSSR count). The quantitative estimate of drug-likeness (QED) is 0.595. The van der Waals surface area contributed by atoms with Crippen LogP contribution in [-0.4, -0.2) is 26.9 Å². The van der Waals surface area contributed by atoms with Crippen molar-refractivity contribution >= 4 is 51.1 Å². The van der Waals surface area contributed by atoms with Crippen LogP contribution in [0.5, 0.6) is 0 Å². The number of hydrogen-bond acceptors (Lipinski definition) is 6. The van der Waals surface area contributed by atoms with Gasteiger partial charge in [0.2, 0.25) is 0 Å². The van der Waals surface area contributed by atoms with E-state index in [1.807, 2.05) is 25.1 Å². The van der Waals surface area contributed by atoms with Gasteiger partial charge in [-0.05, 0) is 42.5 Å². The van der Waals surface area contributed by atoms with Crippen molar-refractivity contribution in [3.8, 4) is 0 Å². The van der Waals surface area contributed by atoms with Crippen LogP contribution in [0.3, 0.4) is 0 Å². The number of rotatable bonds is 4. The molecule has 0 aliphatic carbocycles. The Balaban J connectivity index is 2.48. The van der Waals surface area contributed by atoms with Gasteiger partial charge in [-0.3, -0.25) is 4.98 Å². The predicted molar refractivity (Wildman–Crippen MR) is 89.6 cm³/mol. The summed E-state index contributed by atoms with van der Waals surface area (Å²) in [5, 5.41) is 14.6. The van der Waals surface area contributed by atoms with Gasteiger partial charge in [0, 0.05) is 18.0 Å². The number of amidine groups is 1. The number of nitrogens with zero attached hydrogens (tertiary/aromatic N) is 3. The third-order valence-electron chi connectivity index (χ3n) is 2.73. The summed E-state index contributed by atoms with van der Waals surface area (Å²) in [6.07, 6.45) is 4.84. The summed E-state index contributed by atoms with van der Waals surface area (Å²) in [6, 6.07) is 5.40. The molecule has 4 N–H and O–H groups in total. The normalized spacial score (nSPS) is 12.4. The molecule has 2 heterocycles. The summed E-state index contributed by atoms with van der Waals surface area (Å²) in [5.41, 5.74) is 9.80. The Labute approximate surface area is 126 Å². The topological polar surface area (TPSA) is 112 Å². The fraction of sp³-hybridized carbons (Fsp3) is 0.0714. The second-order valence-electron chi connectivity index (χ2n) is 4.01. The van der Waals surface area contributed by atoms with E-state index < -0.39 is 0 Å². The summed E-state index contributed by atoms with van der Waals surface area (Å²) in [7, 11) is 0. The predicted octanol–water partition coefficient (Wildman–Crippen LogP) is 2.97. The van der Waals surface area contributed by atoms with Crippen molar-refractivity contribution in [3.63, 3.8) is 0 Å². The monoisotopic (exact) mass is 298 g/mol. The van der Waals surface area contributed by atoms with Gasteiger partial charge >= 0.3 is 0 Å². The number of allylic oxidation sites excluding steroid dienone is 2. The van der Waals surface area contributed by atoms with Crippen LogP contribution in [0.4, 0.5) is 5.82 Å². The Morgan fingerprint density at radius 3 is 2.81 bits per heavy atom. The van der Waals surface area contributed by atoms with E-state index in [2.05, 4.69) is 15.0 Å². The highest BCUT2D eigenvalue weighted by Gasteiger charge is 2.04. The molecule has 106 valence electrons. The smallest absolute Gasteiger partial charge is 0.166 e. The van der Waals surface area contributed by atoms with Gasteiger partial charge in [0.05, 0.1) is 16.6 Å². The number of pyridine rings is 2. The van der Waals surface area contributed by atoms with Crippen molar-refractivity contribution in [3.05, 3.63) is 36.0 Å². The molecule has 0 saturated carbocycles. The Morgan fingerprint density at radius 2 is 2.14 bits per heavy atom. The van der Waals surface area contributed by atoms with E-state index in [1.54, 1.807) is 12.3 Å². The molecule has 7 heteroatoms. The molecule has 0 aliphatic rings. The van der Waals surface area contributed by atoms with Crippen molar-refractivity contribution in [2.24, 2.45) is 10.7 Å². The van der Waals surface area contributed by atoms with E-state index in [0.717, 1.165) is 34.0 Å². The van der Waals surface area contributed by atoms with E-state index in [0.29, 0.717) is 11.3 Å². The van der Waals surface area contributed by atoms with Gasteiger partial charge in [-0.1, -0.05) is 6.08 Å². The van der Waals surface area contributed by atoms with Gasteiger partial charge < -0.3 is 16.6 Å². The fourth-order valence-electron chi connectivity index (χ4n) is 1.75. The Hall–Kier alpha value is -2.54. The zero-order chi connectivity index (χ0) is 15.2. The van der Waals surface area contributed by atoms with E-state index in [-0.39, 0.29) is 5.17 Å². The minimum atomic E-state index is 0.259. The third-order valence-corrected chi connectivity index (χ3v) is 3.18. The molecular formula is C14H14N6S. The van der Waals surface area contributed by atoms with Crippen molar-refractivity contribution in [1.82, 2.24) is 9.97 Å². The zero-order valence-electron chi connectivity index (χ0n) is 11.4. The molecule has 0 spiro atoms. The van der Waals surface area contributed by atoms with Gasteiger partial charge in [-0.25, -0.2) is 9.98 Å². The highest BCUT2D eigenvalue weighted by Crippen LogP contribution is 2.20. The molecule has 2 aromatic heterocycles. The molecule has 0 aromatic carbocycles. The third kappa shape index (κ3) is 3.51. The first-order valence-corrected chi connectivity index (χ1v) is 6.99. The Kier molecular flexibility index (Phi) is 4.78. The molecule has 0 amide bonds. The summed E-state index contributed by atoms with van der Waals surface area (Å²) in [5.74, 6) is 0.463. The summed E-state index contributed by atoms with van der Waals surface area (Å²) in [4.78, 5) is 12.8. The van der Waals surface area contributed by atoms with Gasteiger partial charge in [0.15, 0.2) is 11.0 Å². The first kappa shape index (κ1) is 14.9. The van der Waals surface area contributed by atoms with Crippen LogP contribution < -0.4 is 5.73 Å². The Morgan fingerprint density at radius 1 is 1.33 bits per heavy atom. The maximum atomic E-state index is 7.38. The standard InChI is InChI=1S/C14H14N6S/c1-2-9(6-15)10-5-12-11(18-7-10)3-4-13(19-12)20-14(17)21-8-16/h2-8,15-16H,1H3,(H2,17,19,20)/b9-2+,15-6?,16-8?. The molecule has 0 bridgehead atoms. The molecule has 2 aromatic rings. The number of hydrogen-bond donors (Lipinski definition) is 3. The molecule has 0 atom stereocenters. The van der Waals surface area contributed by atoms with Crippen molar-refractivity contribution in [1.29, 1.82) is 10.8 Å². The van der Waals surface area contributed by atoms with Crippen molar-refractivity contribution in [2.75, 3.05) is 0 Å². The molecule has 6 nitrogen and oxygen atoms in total. The molecule has 0 radical (unpaired) electrons. The lowest BCUT2D eigenvalue weighted by molar-refractivity contribution is 1.29. The highest BCUT2D eigenvalue weighted by molar-refractivity contribution is 8.24. The number of aromatic nitrogens is 2. The lowest BCUT2D eigenvalue weighted by atomic mass is 10.1. The largest absolute Gasteiger partial charge is 0.378 e. The second-order valence-corrected chi connectivity index (χ2v) is 4.90. The van der Waals surface area contributed by atoms with Gasteiger partial charge in [0.25, 0.3) is 0 Å². The van der Waals surface area contributed by atoms with Gasteiger partial charge in [-0.2, -0.15) is 0 Å². The minimum absolute atomic E-state index is 0.259. The van der Waals surface area contributed by atoms with Crippen LogP contribution in [0.15, 0.2) is 35.5 Å². The summed E-state index contributed by atoms with van der Waals surface area (Å²) >= 11 is 1.02. The molecule has 0 fully saturated rings. The average molecular weight is 298 g/mol. The molecule has 0 saturated heterocycles. The van der Waals surface area contributed by atoms with Crippen LogP contribution in [0.25, 0.3) is 16.6 Å². The lowest BCUT2D eigenvalue weighted by Crippen LogP contribution is -2.05. The molecular weight excluding hydrogens is 284 g/mol. The zero-order valence-corrected chi connectivity index (χ0v) is 12.2. The second kappa shape index (κ2) is 6.76. The number of nitrogens with one attached hydrogen (secondary N) is 2. The number of nitrogens with two attached hydrogens (primary N) is 1. The van der Waals surface area contributed by atoms with Gasteiger partial charge in [0.1, 0.15) is 0 Å². The number of fused-ring (bicyclic) bond motifs is 1. The number of thioether (sulfide) groups is 1. The van der Waals surface area contributed by atoms with Crippen LogP contribution in [0.2, 0.25) is 0 Å². The number of aliphatic imine (C=N–C) groups is 1. The fourth-order valence-corrected chi connectivity index (χ4v) is 2.02. The van der Waals surface area contributed by atoms with Crippen LogP contribution >= 0.6 is 11.8 Å². The lowest BCUT2D eigenvalue weighted by Gasteiger charge is -2.03. The maximum absolute atomic E-state index is 7.38. The van der Waals surface area contributed by atoms with E-state index in [4.69, 9.17) is 16.6 Å². The molecule has 0 unspecified atom stereocenters. The SMILES string of the molecule is C/C=C(\C=N)c1cnc2ccc(N=C(N)SC=N)nc2c1. The maximum Gasteiger partial charge on any atom is 0.166 e. The van der Waals surface area contributed by atoms with E-state index >= 15 is 0 Å². The van der Waals surface area contributed by atoms with E-state index in [9.17, 15) is 0 Å². The first-order valence-electron chi connectivity index (χ1n) is 6.11. The van der Waals surface area contributed by atoms with Gasteiger partial charge in [-0.15, -0.1) is 0 Å². The summed E-state index contributed by atoms with van der Waals surface area (Å²) in [6.45, 7) is 1.87. The minimum Gasteiger partial charge on any atom is -0.378 e. The highest BCUT2D eigenvalue weighted by atomic mass is 32.2. The van der Waals surface area contributed by atoms with Crippen LogP contribution in [0, 0.1) is 10.8 Å². The van der Waals surface area contributed by atoms with Crippen LogP contribution in [0.1, 0.15) is 12.5 Å². The summed E-state index contributed by atoms with van der Waals surface area (Å²) < 4.78 is 0. The van der Waals surface area contributed by atoms with Crippen molar-refractivity contribution in [2.45, 2.75) is 6.92 Å². The molecule has 0 aliphatic heterocycles. The van der Waals surface area contributed by atoms with E-state index in [1.165, 1.54) is 6.21 Å². The van der Waals surface area contributed by atoms with Crippen LogP contribution in [-0.2, 0) is 0 Å².